The number of aromatic nitrogens is 2. The van der Waals surface area contributed by atoms with Gasteiger partial charge < -0.3 is 14.1 Å². The second-order valence-electron chi connectivity index (χ2n) is 20.2. The first-order chi connectivity index (χ1) is 30.1. The quantitative estimate of drug-likeness (QED) is 0.173. The van der Waals surface area contributed by atoms with Crippen LogP contribution in [0.1, 0.15) is 79.0 Å². The molecule has 5 heterocycles. The zero-order chi connectivity index (χ0) is 43.6. The predicted octanol–water partition coefficient (Wildman–Crippen LogP) is 16.2. The highest BCUT2D eigenvalue weighted by Gasteiger charge is 2.36. The normalized spacial score (nSPS) is 13.7. The molecule has 63 heavy (non-hydrogen) atoms. The number of para-hydroxylation sites is 1. The van der Waals surface area contributed by atoms with E-state index in [0.717, 1.165) is 62.1 Å². The zero-order valence-electron chi connectivity index (χ0n) is 37.5. The summed E-state index contributed by atoms with van der Waals surface area (Å²) in [7, 11) is 0. The minimum atomic E-state index is -0.0402. The van der Waals surface area contributed by atoms with Crippen molar-refractivity contribution in [2.45, 2.75) is 78.6 Å². The lowest BCUT2D eigenvalue weighted by Crippen LogP contribution is -2.25. The zero-order valence-corrected chi connectivity index (χ0v) is 38.3. The number of thiophene rings is 1. The van der Waals surface area contributed by atoms with E-state index in [2.05, 4.69) is 198 Å². The van der Waals surface area contributed by atoms with Crippen LogP contribution in [-0.2, 0) is 16.2 Å². The van der Waals surface area contributed by atoms with Crippen molar-refractivity contribution in [2.24, 2.45) is 0 Å². The average molecular weight is 845 g/mol. The molecule has 6 nitrogen and oxygen atoms in total. The Balaban J connectivity index is 1.02. The van der Waals surface area contributed by atoms with Gasteiger partial charge in [0.15, 0.2) is 0 Å². The van der Waals surface area contributed by atoms with E-state index < -0.39 is 0 Å². The molecule has 314 valence electrons. The Morgan fingerprint density at radius 1 is 0.556 bits per heavy atom. The van der Waals surface area contributed by atoms with E-state index in [1.165, 1.54) is 47.8 Å². The molecule has 0 amide bonds. The summed E-state index contributed by atoms with van der Waals surface area (Å²) in [4.78, 5) is 9.73. The summed E-state index contributed by atoms with van der Waals surface area (Å²) < 4.78 is 18.5. The minimum absolute atomic E-state index is 0.0166. The molecule has 0 unspecified atom stereocenters. The van der Waals surface area contributed by atoms with Gasteiger partial charge in [-0.2, -0.15) is 0 Å². The van der Waals surface area contributed by atoms with Crippen LogP contribution < -0.4 is 14.5 Å². The monoisotopic (exact) mass is 844 g/mol. The van der Waals surface area contributed by atoms with Gasteiger partial charge in [-0.1, -0.05) is 111 Å². The molecular formula is C56H52N4O2S. The maximum absolute atomic E-state index is 6.86. The van der Waals surface area contributed by atoms with Gasteiger partial charge in [-0.3, -0.25) is 9.47 Å². The molecule has 0 atom stereocenters. The number of anilines is 4. The Bertz CT molecular complexity index is 3410. The highest BCUT2D eigenvalue weighted by Crippen LogP contribution is 2.52. The van der Waals surface area contributed by atoms with Crippen LogP contribution in [0.2, 0.25) is 0 Å². The van der Waals surface area contributed by atoms with Crippen molar-refractivity contribution in [3.05, 3.63) is 156 Å². The van der Waals surface area contributed by atoms with Crippen LogP contribution >= 0.6 is 11.3 Å². The van der Waals surface area contributed by atoms with Crippen molar-refractivity contribution < 1.29 is 9.15 Å². The molecule has 7 heteroatoms. The Labute approximate surface area is 373 Å². The van der Waals surface area contributed by atoms with Crippen LogP contribution in [0.25, 0.3) is 58.8 Å². The topological polar surface area (TPSA) is 46.7 Å². The molecule has 0 radical (unpaired) electrons. The number of pyridine rings is 1. The Morgan fingerprint density at radius 3 is 2.02 bits per heavy atom. The number of ether oxygens (including phenoxy) is 1. The highest BCUT2D eigenvalue weighted by atomic mass is 32.1. The van der Waals surface area contributed by atoms with E-state index in [1.807, 2.05) is 29.7 Å². The van der Waals surface area contributed by atoms with Crippen molar-refractivity contribution in [3.8, 4) is 17.3 Å². The van der Waals surface area contributed by atoms with Crippen molar-refractivity contribution in [1.29, 1.82) is 0 Å². The van der Waals surface area contributed by atoms with E-state index in [0.29, 0.717) is 6.67 Å². The Hall–Kier alpha value is -6.57. The Morgan fingerprint density at radius 2 is 1.25 bits per heavy atom. The van der Waals surface area contributed by atoms with Crippen LogP contribution in [-0.4, -0.2) is 16.2 Å². The fraction of sp³-hybridized carbons (Fsp3) is 0.232. The summed E-state index contributed by atoms with van der Waals surface area (Å²) in [6.07, 6.45) is 1.95. The summed E-state index contributed by atoms with van der Waals surface area (Å²) >= 11 is 1.84. The van der Waals surface area contributed by atoms with E-state index in [4.69, 9.17) is 14.1 Å². The van der Waals surface area contributed by atoms with Gasteiger partial charge in [0.25, 0.3) is 0 Å². The maximum Gasteiger partial charge on any atom is 0.226 e. The number of hydrogen-bond acceptors (Lipinski definition) is 6. The third-order valence-corrected chi connectivity index (χ3v) is 13.9. The molecule has 0 saturated heterocycles. The summed E-state index contributed by atoms with van der Waals surface area (Å²) in [6.45, 7) is 21.1. The standard InChI is InChI=1S/C56H52N4O2S/c1-54(2,3)34-25-26-57-49(30-34)60-45-32-40(21-22-41(45)42-23-24-48-50(51(42)60)44-18-11-13-20-47(44)63-48)61-39-16-14-15-37(31-39)59-33-58(52-43-17-10-12-19-46(43)62-53(52)59)38-28-35(55(4,5)6)27-36(29-38)56(7,8)9/h10-32H,33H2,1-9H3. The molecule has 0 aliphatic carbocycles. The predicted molar refractivity (Wildman–Crippen MR) is 266 cm³/mol. The molecular weight excluding hydrogens is 793 g/mol. The molecule has 0 spiro atoms. The molecule has 4 aromatic heterocycles. The second-order valence-corrected chi connectivity index (χ2v) is 21.3. The molecule has 10 aromatic rings. The van der Waals surface area contributed by atoms with E-state index in [1.54, 1.807) is 0 Å². The number of fused-ring (bicyclic) bond motifs is 10. The van der Waals surface area contributed by atoms with Crippen LogP contribution in [0.15, 0.2) is 144 Å². The maximum atomic E-state index is 6.86. The first-order valence-corrected chi connectivity index (χ1v) is 22.8. The molecule has 1 aliphatic rings. The molecule has 11 rings (SSSR count). The molecule has 0 N–H and O–H groups in total. The third-order valence-electron chi connectivity index (χ3n) is 12.8. The summed E-state index contributed by atoms with van der Waals surface area (Å²) in [6, 6.07) is 48.0. The number of benzene rings is 6. The fourth-order valence-corrected chi connectivity index (χ4v) is 10.3. The number of rotatable bonds is 5. The lowest BCUT2D eigenvalue weighted by Gasteiger charge is -2.29. The molecule has 0 bridgehead atoms. The number of nitrogens with zero attached hydrogens (tertiary/aromatic N) is 4. The second kappa shape index (κ2) is 14.0. The van der Waals surface area contributed by atoms with Crippen LogP contribution in [0.5, 0.6) is 11.5 Å². The molecule has 0 saturated carbocycles. The SMILES string of the molecule is CC(C)(C)c1cc(N2CN(c3cccc(Oc4ccc5c6ccc7sc8ccccc8c7c6n(-c6cc(C(C)(C)C)ccn6)c5c4)c3)c3oc4ccccc4c32)cc(C(C)(C)C)c1. The Kier molecular flexibility index (Phi) is 8.71. The fourth-order valence-electron chi connectivity index (χ4n) is 9.23. The van der Waals surface area contributed by atoms with Gasteiger partial charge in [0.2, 0.25) is 5.88 Å². The minimum Gasteiger partial charge on any atom is -0.457 e. The van der Waals surface area contributed by atoms with E-state index in [-0.39, 0.29) is 16.2 Å². The van der Waals surface area contributed by atoms with E-state index in [9.17, 15) is 0 Å². The van der Waals surface area contributed by atoms with Crippen LogP contribution in [0.3, 0.4) is 0 Å². The van der Waals surface area contributed by atoms with Gasteiger partial charge in [-0.05, 0) is 106 Å². The van der Waals surface area contributed by atoms with Gasteiger partial charge in [0.1, 0.15) is 35.3 Å². The van der Waals surface area contributed by atoms with Gasteiger partial charge >= 0.3 is 0 Å². The van der Waals surface area contributed by atoms with Crippen LogP contribution in [0.4, 0.5) is 22.9 Å². The summed E-state index contributed by atoms with van der Waals surface area (Å²) in [5.41, 5.74) is 10.1. The van der Waals surface area contributed by atoms with Gasteiger partial charge in [-0.15, -0.1) is 11.3 Å². The third kappa shape index (κ3) is 6.55. The average Bonchev–Trinajstić information content (AvgIpc) is 4.01. The molecule has 0 fully saturated rings. The smallest absolute Gasteiger partial charge is 0.226 e. The lowest BCUT2D eigenvalue weighted by atomic mass is 9.80. The largest absolute Gasteiger partial charge is 0.457 e. The van der Waals surface area contributed by atoms with Gasteiger partial charge in [0, 0.05) is 66.0 Å². The first-order valence-electron chi connectivity index (χ1n) is 22.0. The van der Waals surface area contributed by atoms with Gasteiger partial charge in [0.05, 0.1) is 11.0 Å². The summed E-state index contributed by atoms with van der Waals surface area (Å²) in [5.74, 6) is 3.22. The van der Waals surface area contributed by atoms with Crippen LogP contribution in [0, 0.1) is 0 Å². The first kappa shape index (κ1) is 39.3. The highest BCUT2D eigenvalue weighted by molar-refractivity contribution is 7.26. The lowest BCUT2D eigenvalue weighted by molar-refractivity contribution is 0.483. The number of hydrogen-bond donors (Lipinski definition) is 0. The van der Waals surface area contributed by atoms with Crippen molar-refractivity contribution in [2.75, 3.05) is 16.5 Å². The molecule has 6 aromatic carbocycles. The molecule has 1 aliphatic heterocycles. The van der Waals surface area contributed by atoms with Crippen molar-refractivity contribution >= 4 is 87.2 Å². The van der Waals surface area contributed by atoms with Crippen molar-refractivity contribution in [3.63, 3.8) is 0 Å². The van der Waals surface area contributed by atoms with Crippen molar-refractivity contribution in [1.82, 2.24) is 9.55 Å². The number of furan rings is 1. The van der Waals surface area contributed by atoms with Gasteiger partial charge in [-0.25, -0.2) is 4.98 Å². The summed E-state index contributed by atoms with van der Waals surface area (Å²) in [5, 5.41) is 5.97. The van der Waals surface area contributed by atoms with E-state index >= 15 is 0 Å².